The molecule has 8 nitrogen and oxygen atoms in total. The summed E-state index contributed by atoms with van der Waals surface area (Å²) < 4.78 is 9.53. The van der Waals surface area contributed by atoms with Crippen LogP contribution in [0.3, 0.4) is 0 Å². The van der Waals surface area contributed by atoms with E-state index in [0.29, 0.717) is 18.3 Å². The first-order valence-corrected chi connectivity index (χ1v) is 8.98. The fraction of sp³-hybridized carbons (Fsp3) is 0.529. The van der Waals surface area contributed by atoms with Crippen molar-refractivity contribution in [2.75, 3.05) is 6.54 Å². The van der Waals surface area contributed by atoms with Crippen molar-refractivity contribution in [3.8, 4) is 11.5 Å². The Bertz CT molecular complexity index is 850. The van der Waals surface area contributed by atoms with Gasteiger partial charge in [0.25, 0.3) is 0 Å². The molecule has 25 heavy (non-hydrogen) atoms. The average molecular weight is 339 g/mol. The van der Waals surface area contributed by atoms with Gasteiger partial charge in [0.15, 0.2) is 11.6 Å². The molecular weight excluding hydrogens is 318 g/mol. The van der Waals surface area contributed by atoms with Crippen LogP contribution in [0, 0.1) is 0 Å². The molecule has 1 aliphatic carbocycles. The minimum Gasteiger partial charge on any atom is -0.339 e. The van der Waals surface area contributed by atoms with Crippen LogP contribution in [-0.4, -0.2) is 36.0 Å². The number of aromatic nitrogens is 6. The minimum atomic E-state index is 0.458. The van der Waals surface area contributed by atoms with Crippen LogP contribution in [0.1, 0.15) is 49.0 Å². The standard InChI is InChI=1S/C17H21N7O/c1-3-12(4-1)17-20-15(22-25-17)11-23-8-6-19-16(23)14-9-13-10-18-5-2-7-24(13)21-14/h6,8-9,12,18H,1-5,7,10-11H2. The van der Waals surface area contributed by atoms with Crippen molar-refractivity contribution >= 4 is 0 Å². The highest BCUT2D eigenvalue weighted by Crippen LogP contribution is 2.35. The summed E-state index contributed by atoms with van der Waals surface area (Å²) >= 11 is 0. The number of hydrogen-bond acceptors (Lipinski definition) is 6. The zero-order chi connectivity index (χ0) is 16.6. The number of nitrogens with zero attached hydrogens (tertiary/aromatic N) is 6. The molecule has 8 heteroatoms. The van der Waals surface area contributed by atoms with Crippen LogP contribution in [0.5, 0.6) is 0 Å². The smallest absolute Gasteiger partial charge is 0.229 e. The lowest BCUT2D eigenvalue weighted by molar-refractivity contribution is 0.291. The Morgan fingerprint density at radius 1 is 1.28 bits per heavy atom. The predicted octanol–water partition coefficient (Wildman–Crippen LogP) is 1.94. The monoisotopic (exact) mass is 339 g/mol. The highest BCUT2D eigenvalue weighted by atomic mass is 16.5. The van der Waals surface area contributed by atoms with Gasteiger partial charge in [-0.1, -0.05) is 11.6 Å². The second kappa shape index (κ2) is 6.11. The number of fused-ring (bicyclic) bond motifs is 1. The summed E-state index contributed by atoms with van der Waals surface area (Å²) in [6, 6.07) is 2.12. The third kappa shape index (κ3) is 2.76. The molecule has 4 heterocycles. The summed E-state index contributed by atoms with van der Waals surface area (Å²) in [5, 5.41) is 12.3. The number of aryl methyl sites for hydroxylation is 1. The fourth-order valence-electron chi connectivity index (χ4n) is 3.45. The third-order valence-corrected chi connectivity index (χ3v) is 5.09. The summed E-state index contributed by atoms with van der Waals surface area (Å²) in [7, 11) is 0. The average Bonchev–Trinajstić information content (AvgIpc) is 3.25. The van der Waals surface area contributed by atoms with Crippen LogP contribution in [0.15, 0.2) is 23.0 Å². The normalized spacial score (nSPS) is 17.9. The molecule has 0 spiro atoms. The molecule has 0 amide bonds. The molecule has 1 aliphatic heterocycles. The van der Waals surface area contributed by atoms with E-state index in [2.05, 4.69) is 31.2 Å². The van der Waals surface area contributed by atoms with Crippen LogP contribution < -0.4 is 5.32 Å². The lowest BCUT2D eigenvalue weighted by atomic mass is 9.85. The van der Waals surface area contributed by atoms with E-state index in [1.165, 1.54) is 12.1 Å². The van der Waals surface area contributed by atoms with Gasteiger partial charge in [-0.2, -0.15) is 10.1 Å². The maximum atomic E-state index is 5.42. The molecule has 0 atom stereocenters. The van der Waals surface area contributed by atoms with Crippen LogP contribution >= 0.6 is 0 Å². The maximum Gasteiger partial charge on any atom is 0.229 e. The molecule has 0 radical (unpaired) electrons. The first-order valence-electron chi connectivity index (χ1n) is 8.98. The van der Waals surface area contributed by atoms with E-state index in [1.807, 2.05) is 10.8 Å². The first kappa shape index (κ1) is 14.8. The summed E-state index contributed by atoms with van der Waals surface area (Å²) in [6.45, 7) is 3.38. The second-order valence-electron chi connectivity index (χ2n) is 6.83. The summed E-state index contributed by atoms with van der Waals surface area (Å²) in [5.41, 5.74) is 2.10. The van der Waals surface area contributed by atoms with E-state index in [-0.39, 0.29) is 0 Å². The van der Waals surface area contributed by atoms with Crippen molar-refractivity contribution < 1.29 is 4.52 Å². The number of imidazole rings is 1. The lowest BCUT2D eigenvalue weighted by Crippen LogP contribution is -2.11. The van der Waals surface area contributed by atoms with Crippen LogP contribution in [-0.2, 0) is 19.6 Å². The third-order valence-electron chi connectivity index (χ3n) is 5.09. The number of rotatable bonds is 4. The first-order chi connectivity index (χ1) is 12.4. The van der Waals surface area contributed by atoms with Gasteiger partial charge < -0.3 is 14.4 Å². The Morgan fingerprint density at radius 3 is 3.12 bits per heavy atom. The largest absolute Gasteiger partial charge is 0.339 e. The van der Waals surface area contributed by atoms with Gasteiger partial charge in [-0.05, 0) is 31.9 Å². The van der Waals surface area contributed by atoms with Gasteiger partial charge in [-0.3, -0.25) is 4.68 Å². The van der Waals surface area contributed by atoms with E-state index in [4.69, 9.17) is 9.62 Å². The molecule has 3 aromatic rings. The van der Waals surface area contributed by atoms with Gasteiger partial charge in [0, 0.05) is 31.4 Å². The van der Waals surface area contributed by atoms with Crippen molar-refractivity contribution in [2.24, 2.45) is 0 Å². The number of nitrogens with one attached hydrogen (secondary N) is 1. The van der Waals surface area contributed by atoms with Crippen molar-refractivity contribution in [3.05, 3.63) is 35.9 Å². The molecular formula is C17H21N7O. The zero-order valence-electron chi connectivity index (χ0n) is 14.1. The zero-order valence-corrected chi connectivity index (χ0v) is 14.1. The molecule has 2 aliphatic rings. The molecule has 3 aromatic heterocycles. The van der Waals surface area contributed by atoms with Gasteiger partial charge in [0.2, 0.25) is 5.89 Å². The van der Waals surface area contributed by atoms with Crippen molar-refractivity contribution in [1.82, 2.24) is 34.8 Å². The predicted molar refractivity (Wildman–Crippen MR) is 89.8 cm³/mol. The summed E-state index contributed by atoms with van der Waals surface area (Å²) in [4.78, 5) is 9.06. The lowest BCUT2D eigenvalue weighted by Gasteiger charge is -2.20. The Hall–Kier alpha value is -2.48. The van der Waals surface area contributed by atoms with E-state index in [9.17, 15) is 0 Å². The molecule has 1 fully saturated rings. The van der Waals surface area contributed by atoms with Crippen molar-refractivity contribution in [2.45, 2.75) is 51.2 Å². The fourth-order valence-corrected chi connectivity index (χ4v) is 3.45. The van der Waals surface area contributed by atoms with Gasteiger partial charge in [0.1, 0.15) is 5.69 Å². The maximum absolute atomic E-state index is 5.42. The SMILES string of the molecule is c1cn(Cc2noc(C3CCC3)n2)c(-c2cc3n(n2)CCCNC3)n1. The summed E-state index contributed by atoms with van der Waals surface area (Å²) in [5.74, 6) is 2.78. The van der Waals surface area contributed by atoms with Crippen LogP contribution in [0.25, 0.3) is 11.5 Å². The van der Waals surface area contributed by atoms with Gasteiger partial charge in [-0.15, -0.1) is 0 Å². The molecule has 1 N–H and O–H groups in total. The highest BCUT2D eigenvalue weighted by Gasteiger charge is 2.25. The molecule has 130 valence electrons. The number of hydrogen-bond donors (Lipinski definition) is 1. The van der Waals surface area contributed by atoms with Gasteiger partial charge in [-0.25, -0.2) is 4.98 Å². The van der Waals surface area contributed by atoms with Crippen LogP contribution in [0.2, 0.25) is 0 Å². The molecule has 0 aromatic carbocycles. The molecule has 0 bridgehead atoms. The minimum absolute atomic E-state index is 0.458. The van der Waals surface area contributed by atoms with Gasteiger partial charge in [0.05, 0.1) is 12.2 Å². The Kier molecular flexibility index (Phi) is 3.62. The molecule has 5 rings (SSSR count). The Balaban J connectivity index is 1.39. The summed E-state index contributed by atoms with van der Waals surface area (Å²) in [6.07, 6.45) is 8.41. The van der Waals surface area contributed by atoms with E-state index >= 15 is 0 Å². The van der Waals surface area contributed by atoms with E-state index in [0.717, 1.165) is 56.3 Å². The Morgan fingerprint density at radius 2 is 2.24 bits per heavy atom. The second-order valence-corrected chi connectivity index (χ2v) is 6.83. The van der Waals surface area contributed by atoms with Crippen molar-refractivity contribution in [3.63, 3.8) is 0 Å². The van der Waals surface area contributed by atoms with E-state index in [1.54, 1.807) is 6.20 Å². The van der Waals surface area contributed by atoms with Crippen molar-refractivity contribution in [1.29, 1.82) is 0 Å². The van der Waals surface area contributed by atoms with Gasteiger partial charge >= 0.3 is 0 Å². The Labute approximate surface area is 145 Å². The quantitative estimate of drug-likeness (QED) is 0.782. The van der Waals surface area contributed by atoms with E-state index < -0.39 is 0 Å². The highest BCUT2D eigenvalue weighted by molar-refractivity contribution is 5.50. The molecule has 0 saturated heterocycles. The topological polar surface area (TPSA) is 86.6 Å². The van der Waals surface area contributed by atoms with Crippen LogP contribution in [0.4, 0.5) is 0 Å². The molecule has 0 unspecified atom stereocenters. The molecule has 1 saturated carbocycles.